The largest absolute Gasteiger partial charge is 0.331 e. The molecule has 1 heterocycles. The summed E-state index contributed by atoms with van der Waals surface area (Å²) in [7, 11) is 0. The van der Waals surface area contributed by atoms with Gasteiger partial charge in [0, 0.05) is 10.0 Å². The Balaban J connectivity index is 1.89. The number of hydrogen-bond acceptors (Lipinski definition) is 1. The van der Waals surface area contributed by atoms with Gasteiger partial charge in [-0.2, -0.15) is 0 Å². The molecular weight excluding hydrogens is 332 g/mol. The van der Waals surface area contributed by atoms with Gasteiger partial charge in [0.25, 0.3) is 0 Å². The number of para-hydroxylation sites is 2. The van der Waals surface area contributed by atoms with Gasteiger partial charge in [0.1, 0.15) is 0 Å². The summed E-state index contributed by atoms with van der Waals surface area (Å²) < 4.78 is 3.77. The molecule has 0 fully saturated rings. The van der Waals surface area contributed by atoms with Crippen LogP contribution in [0.3, 0.4) is 0 Å². The van der Waals surface area contributed by atoms with Gasteiger partial charge >= 0.3 is 0 Å². The number of nitrogens with one attached hydrogen (secondary N) is 1. The van der Waals surface area contributed by atoms with Crippen LogP contribution in [0.25, 0.3) is 11.0 Å². The van der Waals surface area contributed by atoms with E-state index in [1.807, 2.05) is 53.1 Å². The van der Waals surface area contributed by atoms with Gasteiger partial charge in [-0.05, 0) is 48.6 Å². The first-order valence-electron chi connectivity index (χ1n) is 6.16. The molecule has 0 unspecified atom stereocenters. The maximum Gasteiger partial charge on any atom is 0.178 e. The average molecular weight is 343 g/mol. The van der Waals surface area contributed by atoms with Crippen LogP contribution >= 0.6 is 28.1 Å². The molecule has 0 radical (unpaired) electrons. The van der Waals surface area contributed by atoms with E-state index < -0.39 is 0 Å². The second-order valence-electron chi connectivity index (χ2n) is 4.34. The van der Waals surface area contributed by atoms with Gasteiger partial charge in [-0.3, -0.25) is 0 Å². The SMILES string of the molecule is S=c1[nH]c2ccccc2n1CC#Cc1ccc(Br)cc1. The maximum atomic E-state index is 5.33. The first-order valence-corrected chi connectivity index (χ1v) is 7.36. The van der Waals surface area contributed by atoms with Gasteiger partial charge in [-0.15, -0.1) is 0 Å². The summed E-state index contributed by atoms with van der Waals surface area (Å²) in [6, 6.07) is 16.0. The summed E-state index contributed by atoms with van der Waals surface area (Å²) in [5.74, 6) is 6.32. The maximum absolute atomic E-state index is 5.33. The van der Waals surface area contributed by atoms with Crippen molar-refractivity contribution in [2.24, 2.45) is 0 Å². The van der Waals surface area contributed by atoms with Crippen LogP contribution in [0.4, 0.5) is 0 Å². The van der Waals surface area contributed by atoms with Crippen molar-refractivity contribution in [2.45, 2.75) is 6.54 Å². The number of rotatable bonds is 1. The zero-order valence-electron chi connectivity index (χ0n) is 10.6. The van der Waals surface area contributed by atoms with Crippen molar-refractivity contribution in [1.29, 1.82) is 0 Å². The predicted molar refractivity (Wildman–Crippen MR) is 88.1 cm³/mol. The first-order chi connectivity index (χ1) is 9.74. The number of fused-ring (bicyclic) bond motifs is 1. The predicted octanol–water partition coefficient (Wildman–Crippen LogP) is 4.51. The van der Waals surface area contributed by atoms with E-state index in [2.05, 4.69) is 32.8 Å². The Kier molecular flexibility index (Phi) is 3.72. The molecule has 20 heavy (non-hydrogen) atoms. The Labute approximate surface area is 130 Å². The molecule has 3 aromatic rings. The molecule has 1 N–H and O–H groups in total. The minimum atomic E-state index is 0.582. The number of nitrogens with zero attached hydrogens (tertiary/aromatic N) is 1. The number of aromatic nitrogens is 2. The molecule has 2 nitrogen and oxygen atoms in total. The summed E-state index contributed by atoms with van der Waals surface area (Å²) in [6.07, 6.45) is 0. The van der Waals surface area contributed by atoms with E-state index in [4.69, 9.17) is 12.2 Å². The van der Waals surface area contributed by atoms with Gasteiger partial charge < -0.3 is 9.55 Å². The average Bonchev–Trinajstić information content (AvgIpc) is 2.77. The van der Waals surface area contributed by atoms with E-state index >= 15 is 0 Å². The van der Waals surface area contributed by atoms with Crippen LogP contribution in [-0.4, -0.2) is 9.55 Å². The monoisotopic (exact) mass is 342 g/mol. The third-order valence-corrected chi connectivity index (χ3v) is 3.85. The van der Waals surface area contributed by atoms with E-state index in [0.29, 0.717) is 11.3 Å². The molecule has 3 rings (SSSR count). The summed E-state index contributed by atoms with van der Waals surface area (Å²) in [6.45, 7) is 0.582. The van der Waals surface area contributed by atoms with Crippen molar-refractivity contribution < 1.29 is 0 Å². The lowest BCUT2D eigenvalue weighted by molar-refractivity contribution is 0.853. The fourth-order valence-electron chi connectivity index (χ4n) is 2.02. The Morgan fingerprint density at radius 3 is 2.65 bits per heavy atom. The minimum Gasteiger partial charge on any atom is -0.331 e. The molecule has 0 aliphatic rings. The molecule has 0 aliphatic carbocycles. The summed E-state index contributed by atoms with van der Waals surface area (Å²) in [4.78, 5) is 3.19. The standard InChI is InChI=1S/C16H11BrN2S/c17-13-9-7-12(8-10-13)4-3-11-19-15-6-2-1-5-14(15)18-16(19)20/h1-2,5-10H,11H2,(H,18,20). The quantitative estimate of drug-likeness (QED) is 0.509. The zero-order valence-corrected chi connectivity index (χ0v) is 13.0. The fourth-order valence-corrected chi connectivity index (χ4v) is 2.55. The number of hydrogen-bond donors (Lipinski definition) is 1. The number of halogens is 1. The third-order valence-electron chi connectivity index (χ3n) is 3.00. The van der Waals surface area contributed by atoms with Gasteiger partial charge in [0.15, 0.2) is 4.77 Å². The molecule has 0 aliphatic heterocycles. The summed E-state index contributed by atoms with van der Waals surface area (Å²) in [5, 5.41) is 0. The summed E-state index contributed by atoms with van der Waals surface area (Å²) in [5.41, 5.74) is 3.13. The van der Waals surface area contributed by atoms with Crippen molar-refractivity contribution in [3.8, 4) is 11.8 Å². The van der Waals surface area contributed by atoms with Crippen LogP contribution < -0.4 is 0 Å². The van der Waals surface area contributed by atoms with Gasteiger partial charge in [0.05, 0.1) is 17.6 Å². The van der Waals surface area contributed by atoms with Crippen molar-refractivity contribution in [3.63, 3.8) is 0 Å². The number of imidazole rings is 1. The van der Waals surface area contributed by atoms with Crippen LogP contribution in [-0.2, 0) is 6.54 Å². The normalized spacial score (nSPS) is 10.2. The lowest BCUT2D eigenvalue weighted by Gasteiger charge is -1.97. The summed E-state index contributed by atoms with van der Waals surface area (Å²) >= 11 is 8.75. The number of benzene rings is 2. The highest BCUT2D eigenvalue weighted by Crippen LogP contribution is 2.13. The van der Waals surface area contributed by atoms with Crippen LogP contribution in [0.15, 0.2) is 53.0 Å². The molecule has 0 amide bonds. The van der Waals surface area contributed by atoms with Crippen LogP contribution in [0, 0.1) is 16.6 Å². The lowest BCUT2D eigenvalue weighted by Crippen LogP contribution is -1.95. The molecule has 0 spiro atoms. The first kappa shape index (κ1) is 13.2. The molecule has 1 aromatic heterocycles. The second kappa shape index (κ2) is 5.66. The second-order valence-corrected chi connectivity index (χ2v) is 5.64. The molecule has 0 atom stereocenters. The molecule has 0 saturated carbocycles. The highest BCUT2D eigenvalue weighted by molar-refractivity contribution is 9.10. The lowest BCUT2D eigenvalue weighted by atomic mass is 10.2. The molecule has 98 valence electrons. The van der Waals surface area contributed by atoms with E-state index in [0.717, 1.165) is 21.1 Å². The molecule has 0 bridgehead atoms. The Morgan fingerprint density at radius 2 is 1.85 bits per heavy atom. The fraction of sp³-hybridized carbons (Fsp3) is 0.0625. The Hall–Kier alpha value is -1.83. The highest BCUT2D eigenvalue weighted by atomic mass is 79.9. The van der Waals surface area contributed by atoms with Crippen LogP contribution in [0.1, 0.15) is 5.56 Å². The zero-order chi connectivity index (χ0) is 13.9. The molecule has 4 heteroatoms. The van der Waals surface area contributed by atoms with E-state index in [1.165, 1.54) is 0 Å². The highest BCUT2D eigenvalue weighted by Gasteiger charge is 2.00. The number of H-pyrrole nitrogens is 1. The van der Waals surface area contributed by atoms with Gasteiger partial charge in [-0.25, -0.2) is 0 Å². The Bertz CT molecular complexity index is 863. The van der Waals surface area contributed by atoms with Crippen molar-refractivity contribution in [2.75, 3.05) is 0 Å². The van der Waals surface area contributed by atoms with E-state index in [9.17, 15) is 0 Å². The molecule has 0 saturated heterocycles. The van der Waals surface area contributed by atoms with Gasteiger partial charge in [-0.1, -0.05) is 39.9 Å². The van der Waals surface area contributed by atoms with Crippen LogP contribution in [0.2, 0.25) is 0 Å². The van der Waals surface area contributed by atoms with E-state index in [1.54, 1.807) is 0 Å². The minimum absolute atomic E-state index is 0.582. The number of aromatic amines is 1. The van der Waals surface area contributed by atoms with E-state index in [-0.39, 0.29) is 0 Å². The topological polar surface area (TPSA) is 20.7 Å². The van der Waals surface area contributed by atoms with Gasteiger partial charge in [0.2, 0.25) is 0 Å². The molecule has 2 aromatic carbocycles. The van der Waals surface area contributed by atoms with Crippen molar-refractivity contribution in [3.05, 3.63) is 63.3 Å². The smallest absolute Gasteiger partial charge is 0.178 e. The third kappa shape index (κ3) is 2.69. The molecular formula is C16H11BrN2S. The van der Waals surface area contributed by atoms with Crippen molar-refractivity contribution in [1.82, 2.24) is 9.55 Å². The Morgan fingerprint density at radius 1 is 1.10 bits per heavy atom. The van der Waals surface area contributed by atoms with Crippen LogP contribution in [0.5, 0.6) is 0 Å². The van der Waals surface area contributed by atoms with Crippen molar-refractivity contribution >= 4 is 39.2 Å².